The molecule has 1 fully saturated rings. The fourth-order valence-corrected chi connectivity index (χ4v) is 5.58. The molecular weight excluding hydrogens is 416 g/mol. The highest BCUT2D eigenvalue weighted by molar-refractivity contribution is 7.89. The Morgan fingerprint density at radius 1 is 1.03 bits per heavy atom. The third kappa shape index (κ3) is 3.63. The van der Waals surface area contributed by atoms with Gasteiger partial charge in [0.15, 0.2) is 0 Å². The maximum Gasteiger partial charge on any atom is 0.326 e. The van der Waals surface area contributed by atoms with Crippen LogP contribution in [0.15, 0.2) is 44.8 Å². The molecule has 152 valence electrons. The van der Waals surface area contributed by atoms with E-state index in [0.717, 1.165) is 4.88 Å². The first-order valence-corrected chi connectivity index (χ1v) is 11.1. The van der Waals surface area contributed by atoms with E-state index in [-0.39, 0.29) is 47.9 Å². The van der Waals surface area contributed by atoms with E-state index in [9.17, 15) is 22.8 Å². The second kappa shape index (κ2) is 7.25. The summed E-state index contributed by atoms with van der Waals surface area (Å²) in [6, 6.07) is 7.68. The summed E-state index contributed by atoms with van der Waals surface area (Å²) < 4.78 is 27.3. The van der Waals surface area contributed by atoms with Crippen LogP contribution in [0.2, 0.25) is 0 Å². The Hall–Kier alpha value is -2.76. The molecule has 0 spiro atoms. The average Bonchev–Trinajstić information content (AvgIpc) is 3.13. The number of carbonyl (C=O) groups excluding carboxylic acids is 1. The number of rotatable bonds is 3. The van der Waals surface area contributed by atoms with E-state index < -0.39 is 21.3 Å². The second-order valence-electron chi connectivity index (χ2n) is 6.72. The highest BCUT2D eigenvalue weighted by atomic mass is 32.2. The minimum absolute atomic E-state index is 0.0313. The van der Waals surface area contributed by atoms with Gasteiger partial charge in [0.2, 0.25) is 10.0 Å². The summed E-state index contributed by atoms with van der Waals surface area (Å²) in [5.74, 6) is -0.0960. The highest BCUT2D eigenvalue weighted by Gasteiger charge is 2.31. The fourth-order valence-electron chi connectivity index (χ4n) is 3.29. The molecule has 3 aromatic rings. The number of hydrogen-bond acceptors (Lipinski definition) is 6. The van der Waals surface area contributed by atoms with Gasteiger partial charge in [-0.25, -0.2) is 13.2 Å². The topological polar surface area (TPSA) is 123 Å². The van der Waals surface area contributed by atoms with Gasteiger partial charge in [0, 0.05) is 31.1 Å². The van der Waals surface area contributed by atoms with Crippen LogP contribution in [0.3, 0.4) is 0 Å². The van der Waals surface area contributed by atoms with Gasteiger partial charge in [-0.05, 0) is 37.3 Å². The highest BCUT2D eigenvalue weighted by Crippen LogP contribution is 2.22. The summed E-state index contributed by atoms with van der Waals surface area (Å²) in [6.07, 6.45) is 0. The van der Waals surface area contributed by atoms with Crippen LogP contribution in [-0.2, 0) is 10.0 Å². The SMILES string of the molecule is Cc1ccc(C(=O)N2CCN(S(=O)(=O)c3ccc4[nH]c(=O)[nH]c(=O)c4c3)CC2)s1. The molecule has 1 aliphatic rings. The quantitative estimate of drug-likeness (QED) is 0.629. The molecule has 2 N–H and O–H groups in total. The van der Waals surface area contributed by atoms with Crippen molar-refractivity contribution < 1.29 is 13.2 Å². The molecule has 0 radical (unpaired) electrons. The van der Waals surface area contributed by atoms with Gasteiger partial charge in [-0.3, -0.25) is 14.6 Å². The molecule has 2 aromatic heterocycles. The van der Waals surface area contributed by atoms with Crippen molar-refractivity contribution in [1.82, 2.24) is 19.2 Å². The zero-order chi connectivity index (χ0) is 20.8. The van der Waals surface area contributed by atoms with Crippen molar-refractivity contribution in [3.8, 4) is 0 Å². The maximum atomic E-state index is 13.0. The molecule has 4 rings (SSSR count). The fraction of sp³-hybridized carbons (Fsp3) is 0.278. The summed E-state index contributed by atoms with van der Waals surface area (Å²) in [6.45, 7) is 2.83. The van der Waals surface area contributed by atoms with E-state index in [1.807, 2.05) is 13.0 Å². The largest absolute Gasteiger partial charge is 0.335 e. The number of aromatic amines is 2. The van der Waals surface area contributed by atoms with Crippen molar-refractivity contribution in [1.29, 1.82) is 0 Å². The first-order valence-electron chi connectivity index (χ1n) is 8.88. The van der Waals surface area contributed by atoms with Crippen LogP contribution < -0.4 is 11.2 Å². The smallest absolute Gasteiger partial charge is 0.326 e. The lowest BCUT2D eigenvalue weighted by molar-refractivity contribution is 0.0703. The van der Waals surface area contributed by atoms with Crippen LogP contribution in [0.5, 0.6) is 0 Å². The third-order valence-electron chi connectivity index (χ3n) is 4.83. The lowest BCUT2D eigenvalue weighted by atomic mass is 10.2. The number of fused-ring (bicyclic) bond motifs is 1. The number of piperazine rings is 1. The van der Waals surface area contributed by atoms with Crippen molar-refractivity contribution in [2.24, 2.45) is 0 Å². The number of aromatic nitrogens is 2. The van der Waals surface area contributed by atoms with Crippen LogP contribution in [-0.4, -0.2) is 59.7 Å². The van der Waals surface area contributed by atoms with Gasteiger partial charge in [-0.15, -0.1) is 11.3 Å². The molecule has 9 nitrogen and oxygen atoms in total. The Kier molecular flexibility index (Phi) is 4.89. The standard InChI is InChI=1S/C18H18N4O5S2/c1-11-2-5-15(28-11)17(24)21-6-8-22(9-7-21)29(26,27)12-3-4-14-13(10-12)16(23)20-18(25)19-14/h2-5,10H,6-9H2,1H3,(H2,19,20,23,25). The van der Waals surface area contributed by atoms with Crippen LogP contribution in [0.25, 0.3) is 10.9 Å². The Morgan fingerprint density at radius 3 is 2.41 bits per heavy atom. The number of carbonyl (C=O) groups is 1. The van der Waals surface area contributed by atoms with Gasteiger partial charge in [0.1, 0.15) is 0 Å². The number of benzene rings is 1. The number of amides is 1. The summed E-state index contributed by atoms with van der Waals surface area (Å²) in [5.41, 5.74) is -1.04. The zero-order valence-electron chi connectivity index (χ0n) is 15.5. The number of nitrogens with one attached hydrogen (secondary N) is 2. The zero-order valence-corrected chi connectivity index (χ0v) is 17.1. The molecule has 0 aliphatic carbocycles. The minimum atomic E-state index is -3.84. The molecule has 0 unspecified atom stereocenters. The molecular formula is C18H18N4O5S2. The predicted molar refractivity (Wildman–Crippen MR) is 109 cm³/mol. The second-order valence-corrected chi connectivity index (χ2v) is 9.95. The molecule has 11 heteroatoms. The minimum Gasteiger partial charge on any atom is -0.335 e. The monoisotopic (exact) mass is 434 g/mol. The van der Waals surface area contributed by atoms with Gasteiger partial charge in [0.25, 0.3) is 11.5 Å². The summed E-state index contributed by atoms with van der Waals surface area (Å²) in [4.78, 5) is 43.7. The summed E-state index contributed by atoms with van der Waals surface area (Å²) in [7, 11) is -3.84. The molecule has 1 aromatic carbocycles. The molecule has 0 saturated carbocycles. The van der Waals surface area contributed by atoms with Crippen molar-refractivity contribution in [2.75, 3.05) is 26.2 Å². The van der Waals surface area contributed by atoms with Crippen LogP contribution in [0.1, 0.15) is 14.5 Å². The van der Waals surface area contributed by atoms with E-state index in [1.165, 1.54) is 33.8 Å². The Balaban J connectivity index is 1.55. The lowest BCUT2D eigenvalue weighted by Crippen LogP contribution is -2.50. The van der Waals surface area contributed by atoms with E-state index in [2.05, 4.69) is 9.97 Å². The molecule has 3 heterocycles. The molecule has 1 saturated heterocycles. The molecule has 29 heavy (non-hydrogen) atoms. The Bertz CT molecular complexity index is 1310. The van der Waals surface area contributed by atoms with Crippen LogP contribution in [0, 0.1) is 6.92 Å². The number of H-pyrrole nitrogens is 2. The van der Waals surface area contributed by atoms with Gasteiger partial charge in [-0.2, -0.15) is 4.31 Å². The van der Waals surface area contributed by atoms with Gasteiger partial charge in [-0.1, -0.05) is 0 Å². The predicted octanol–water partition coefficient (Wildman–Crippen LogP) is 0.733. The average molecular weight is 434 g/mol. The number of aryl methyl sites for hydroxylation is 1. The third-order valence-corrected chi connectivity index (χ3v) is 7.71. The van der Waals surface area contributed by atoms with E-state index >= 15 is 0 Å². The first kappa shape index (κ1) is 19.6. The normalized spacial score (nSPS) is 15.7. The number of thiophene rings is 1. The number of hydrogen-bond donors (Lipinski definition) is 2. The molecule has 0 bridgehead atoms. The molecule has 1 amide bonds. The van der Waals surface area contributed by atoms with E-state index in [4.69, 9.17) is 0 Å². The molecule has 1 aliphatic heterocycles. The van der Waals surface area contributed by atoms with Gasteiger partial charge < -0.3 is 9.88 Å². The summed E-state index contributed by atoms with van der Waals surface area (Å²) >= 11 is 1.42. The van der Waals surface area contributed by atoms with Crippen molar-refractivity contribution in [3.05, 3.63) is 60.9 Å². The number of nitrogens with zero attached hydrogens (tertiary/aromatic N) is 2. The van der Waals surface area contributed by atoms with Crippen molar-refractivity contribution in [2.45, 2.75) is 11.8 Å². The Labute approximate surface area is 169 Å². The van der Waals surface area contributed by atoms with Crippen LogP contribution in [0.4, 0.5) is 0 Å². The van der Waals surface area contributed by atoms with E-state index in [1.54, 1.807) is 11.0 Å². The number of sulfonamides is 1. The maximum absolute atomic E-state index is 13.0. The van der Waals surface area contributed by atoms with Gasteiger partial charge >= 0.3 is 5.69 Å². The molecule has 0 atom stereocenters. The first-order chi connectivity index (χ1) is 13.8. The van der Waals surface area contributed by atoms with Crippen LogP contribution >= 0.6 is 11.3 Å². The van der Waals surface area contributed by atoms with Crippen molar-refractivity contribution in [3.63, 3.8) is 0 Å². The Morgan fingerprint density at radius 2 is 1.76 bits per heavy atom. The van der Waals surface area contributed by atoms with Gasteiger partial charge in [0.05, 0.1) is 20.7 Å². The lowest BCUT2D eigenvalue weighted by Gasteiger charge is -2.33. The van der Waals surface area contributed by atoms with Crippen molar-refractivity contribution >= 4 is 38.2 Å². The van der Waals surface area contributed by atoms with E-state index in [0.29, 0.717) is 4.88 Å². The summed E-state index contributed by atoms with van der Waals surface area (Å²) in [5, 5.41) is 0.0903.